The monoisotopic (exact) mass is 427 g/mol. The van der Waals surface area contributed by atoms with Crippen molar-refractivity contribution in [1.82, 2.24) is 4.31 Å². The maximum absolute atomic E-state index is 13.8. The summed E-state index contributed by atoms with van der Waals surface area (Å²) in [4.78, 5) is 12.0. The number of sulfonamides is 1. The van der Waals surface area contributed by atoms with Gasteiger partial charge in [0, 0.05) is 37.1 Å². The van der Waals surface area contributed by atoms with Gasteiger partial charge >= 0.3 is 6.03 Å². The highest BCUT2D eigenvalue weighted by Gasteiger charge is 2.16. The standard InChI is InChI=1S/C19H23F2N3O4S/c1-3-10-29(26,27)24(2)8-9-28-18-12-15(21)11-17(13-18)23-19(25)22-16-6-4-14(20)5-7-16/h4-7,11-13H,3,8-10H2,1-2H3,(H2,22,23,25). The fourth-order valence-electron chi connectivity index (χ4n) is 2.39. The number of rotatable bonds is 9. The van der Waals surface area contributed by atoms with E-state index in [9.17, 15) is 22.0 Å². The number of ether oxygens (including phenoxy) is 1. The highest BCUT2D eigenvalue weighted by atomic mass is 32.2. The first-order chi connectivity index (χ1) is 13.7. The second-order valence-corrected chi connectivity index (χ2v) is 8.44. The second-order valence-electron chi connectivity index (χ2n) is 6.25. The van der Waals surface area contributed by atoms with Gasteiger partial charge in [0.1, 0.15) is 24.0 Å². The Hall–Kier alpha value is -2.72. The van der Waals surface area contributed by atoms with E-state index in [1.54, 1.807) is 6.92 Å². The number of urea groups is 1. The molecule has 0 saturated heterocycles. The Bertz CT molecular complexity index is 937. The van der Waals surface area contributed by atoms with Crippen molar-refractivity contribution in [2.24, 2.45) is 0 Å². The molecule has 0 unspecified atom stereocenters. The molecule has 0 heterocycles. The summed E-state index contributed by atoms with van der Waals surface area (Å²) >= 11 is 0. The van der Waals surface area contributed by atoms with Crippen molar-refractivity contribution in [3.05, 3.63) is 54.1 Å². The summed E-state index contributed by atoms with van der Waals surface area (Å²) in [6.45, 7) is 1.90. The van der Waals surface area contributed by atoms with Crippen molar-refractivity contribution in [3.8, 4) is 5.75 Å². The van der Waals surface area contributed by atoms with Gasteiger partial charge in [-0.2, -0.15) is 0 Å². The molecule has 7 nitrogen and oxygen atoms in total. The smallest absolute Gasteiger partial charge is 0.323 e. The number of carbonyl (C=O) groups is 1. The van der Waals surface area contributed by atoms with Crippen LogP contribution in [0.25, 0.3) is 0 Å². The number of benzene rings is 2. The molecule has 0 aliphatic rings. The largest absolute Gasteiger partial charge is 0.492 e. The van der Waals surface area contributed by atoms with Gasteiger partial charge in [-0.1, -0.05) is 6.92 Å². The molecule has 2 aromatic rings. The Morgan fingerprint density at radius 1 is 1.03 bits per heavy atom. The lowest BCUT2D eigenvalue weighted by Gasteiger charge is -2.17. The van der Waals surface area contributed by atoms with Gasteiger partial charge in [0.15, 0.2) is 0 Å². The van der Waals surface area contributed by atoms with Crippen molar-refractivity contribution in [3.63, 3.8) is 0 Å². The highest BCUT2D eigenvalue weighted by Crippen LogP contribution is 2.21. The highest BCUT2D eigenvalue weighted by molar-refractivity contribution is 7.89. The number of likely N-dealkylation sites (N-methyl/N-ethyl adjacent to an activating group) is 1. The van der Waals surface area contributed by atoms with E-state index in [-0.39, 0.29) is 30.3 Å². The summed E-state index contributed by atoms with van der Waals surface area (Å²) in [6.07, 6.45) is 0.506. The third-order valence-electron chi connectivity index (χ3n) is 3.84. The van der Waals surface area contributed by atoms with Gasteiger partial charge < -0.3 is 15.4 Å². The summed E-state index contributed by atoms with van der Waals surface area (Å²) in [6, 6.07) is 8.17. The van der Waals surface area contributed by atoms with E-state index < -0.39 is 27.7 Å². The predicted octanol–water partition coefficient (Wildman–Crippen LogP) is 3.66. The Kier molecular flexibility index (Phi) is 7.91. The van der Waals surface area contributed by atoms with E-state index in [0.717, 1.165) is 12.1 Å². The van der Waals surface area contributed by atoms with Crippen molar-refractivity contribution in [2.45, 2.75) is 13.3 Å². The number of nitrogens with zero attached hydrogens (tertiary/aromatic N) is 1. The van der Waals surface area contributed by atoms with Gasteiger partial charge in [0.2, 0.25) is 10.0 Å². The summed E-state index contributed by atoms with van der Waals surface area (Å²) in [5, 5.41) is 4.95. The number of anilines is 2. The third-order valence-corrected chi connectivity index (χ3v) is 5.90. The molecular weight excluding hydrogens is 404 g/mol. The molecule has 29 heavy (non-hydrogen) atoms. The minimum absolute atomic E-state index is 0.0180. The molecule has 0 radical (unpaired) electrons. The van der Waals surface area contributed by atoms with Gasteiger partial charge in [-0.3, -0.25) is 0 Å². The van der Waals surface area contributed by atoms with Crippen LogP contribution in [-0.2, 0) is 10.0 Å². The topological polar surface area (TPSA) is 87.7 Å². The second kappa shape index (κ2) is 10.2. The number of hydrogen-bond donors (Lipinski definition) is 2. The zero-order valence-corrected chi connectivity index (χ0v) is 16.9. The van der Waals surface area contributed by atoms with E-state index in [2.05, 4.69) is 10.6 Å². The molecule has 2 rings (SSSR count). The van der Waals surface area contributed by atoms with Gasteiger partial charge in [0.05, 0.1) is 5.75 Å². The lowest BCUT2D eigenvalue weighted by molar-refractivity contribution is 0.262. The van der Waals surface area contributed by atoms with E-state index in [4.69, 9.17) is 4.74 Å². The Balaban J connectivity index is 1.93. The van der Waals surface area contributed by atoms with Crippen LogP contribution >= 0.6 is 0 Å². The van der Waals surface area contributed by atoms with Crippen molar-refractivity contribution < 1.29 is 26.7 Å². The minimum atomic E-state index is -3.34. The Morgan fingerprint density at radius 3 is 2.34 bits per heavy atom. The molecule has 2 N–H and O–H groups in total. The summed E-state index contributed by atoms with van der Waals surface area (Å²) in [5.74, 6) is -0.883. The van der Waals surface area contributed by atoms with Crippen LogP contribution in [0.1, 0.15) is 13.3 Å². The Morgan fingerprint density at radius 2 is 1.69 bits per heavy atom. The first kappa shape index (κ1) is 22.6. The van der Waals surface area contributed by atoms with Gasteiger partial charge in [0.25, 0.3) is 0 Å². The van der Waals surface area contributed by atoms with Crippen molar-refractivity contribution in [1.29, 1.82) is 0 Å². The molecule has 2 amide bonds. The average molecular weight is 427 g/mol. The SMILES string of the molecule is CCCS(=O)(=O)N(C)CCOc1cc(F)cc(NC(=O)Nc2ccc(F)cc2)c1. The first-order valence-corrected chi connectivity index (χ1v) is 10.5. The maximum Gasteiger partial charge on any atom is 0.323 e. The molecule has 10 heteroatoms. The van der Waals surface area contributed by atoms with Crippen LogP contribution in [0.3, 0.4) is 0 Å². The van der Waals surface area contributed by atoms with Crippen LogP contribution in [0.2, 0.25) is 0 Å². The van der Waals surface area contributed by atoms with Crippen molar-refractivity contribution in [2.75, 3.05) is 36.6 Å². The number of nitrogens with one attached hydrogen (secondary N) is 2. The fraction of sp³-hybridized carbons (Fsp3) is 0.316. The molecule has 0 atom stereocenters. The third kappa shape index (κ3) is 7.31. The molecule has 0 bridgehead atoms. The van der Waals surface area contributed by atoms with Crippen LogP contribution in [0, 0.1) is 11.6 Å². The molecule has 0 aliphatic carbocycles. The van der Waals surface area contributed by atoms with E-state index in [1.165, 1.54) is 41.7 Å². The molecule has 0 spiro atoms. The van der Waals surface area contributed by atoms with E-state index in [1.807, 2.05) is 0 Å². The van der Waals surface area contributed by atoms with E-state index >= 15 is 0 Å². The Labute approximate surface area is 168 Å². The lowest BCUT2D eigenvalue weighted by atomic mass is 10.3. The fourth-order valence-corrected chi connectivity index (χ4v) is 3.57. The predicted molar refractivity (Wildman–Crippen MR) is 108 cm³/mol. The molecule has 0 aliphatic heterocycles. The number of amides is 2. The average Bonchev–Trinajstić information content (AvgIpc) is 2.63. The van der Waals surface area contributed by atoms with Gasteiger partial charge in [-0.25, -0.2) is 26.3 Å². The van der Waals surface area contributed by atoms with Crippen LogP contribution in [0.15, 0.2) is 42.5 Å². The normalized spacial score (nSPS) is 11.3. The lowest BCUT2D eigenvalue weighted by Crippen LogP contribution is -2.32. The van der Waals surface area contributed by atoms with E-state index in [0.29, 0.717) is 12.1 Å². The van der Waals surface area contributed by atoms with Crippen LogP contribution in [0.5, 0.6) is 5.75 Å². The van der Waals surface area contributed by atoms with Crippen molar-refractivity contribution >= 4 is 27.4 Å². The summed E-state index contributed by atoms with van der Waals surface area (Å²) < 4.78 is 57.1. The number of carbonyl (C=O) groups excluding carboxylic acids is 1. The molecule has 2 aromatic carbocycles. The first-order valence-electron chi connectivity index (χ1n) is 8.90. The molecule has 0 fully saturated rings. The summed E-state index contributed by atoms with van der Waals surface area (Å²) in [5.41, 5.74) is 0.514. The van der Waals surface area contributed by atoms with Gasteiger partial charge in [-0.05, 0) is 36.8 Å². The maximum atomic E-state index is 13.8. The van der Waals surface area contributed by atoms with Crippen LogP contribution in [0.4, 0.5) is 25.0 Å². The number of halogens is 2. The van der Waals surface area contributed by atoms with Crippen LogP contribution < -0.4 is 15.4 Å². The molecule has 0 aromatic heterocycles. The molecular formula is C19H23F2N3O4S. The minimum Gasteiger partial charge on any atom is -0.492 e. The number of hydrogen-bond acceptors (Lipinski definition) is 4. The van der Waals surface area contributed by atoms with Gasteiger partial charge in [-0.15, -0.1) is 0 Å². The zero-order chi connectivity index (χ0) is 21.4. The van der Waals surface area contributed by atoms with Crippen LogP contribution in [-0.4, -0.2) is 44.7 Å². The zero-order valence-electron chi connectivity index (χ0n) is 16.1. The summed E-state index contributed by atoms with van der Waals surface area (Å²) in [7, 11) is -1.89. The quantitative estimate of drug-likeness (QED) is 0.639. The molecule has 158 valence electrons. The molecule has 0 saturated carbocycles.